The molecule has 4 nitrogen and oxygen atoms in total. The number of aromatic nitrogens is 1. The van der Waals surface area contributed by atoms with Gasteiger partial charge in [0.05, 0.1) is 0 Å². The molecule has 23 heavy (non-hydrogen) atoms. The molecule has 0 fully saturated rings. The molecule has 120 valence electrons. The quantitative estimate of drug-likeness (QED) is 0.864. The highest BCUT2D eigenvalue weighted by Gasteiger charge is 2.25. The smallest absolute Gasteiger partial charge is 0.276 e. The topological polar surface area (TPSA) is 46.3 Å². The zero-order valence-electron chi connectivity index (χ0n) is 13.3. The third kappa shape index (κ3) is 3.18. The van der Waals surface area contributed by atoms with Crippen molar-refractivity contribution in [2.45, 2.75) is 26.2 Å². The Hall–Kier alpha value is -2.43. The van der Waals surface area contributed by atoms with Crippen LogP contribution >= 0.6 is 0 Å². The van der Waals surface area contributed by atoms with Crippen LogP contribution in [0.3, 0.4) is 0 Å². The van der Waals surface area contributed by atoms with E-state index in [1.165, 1.54) is 18.5 Å². The molecule has 0 spiro atoms. The molecule has 1 aromatic heterocycles. The fraction of sp³-hybridized carbons (Fsp3) is 0.333. The van der Waals surface area contributed by atoms with Crippen molar-refractivity contribution < 1.29 is 13.6 Å². The lowest BCUT2D eigenvalue weighted by Gasteiger charge is -2.26. The molecule has 0 atom stereocenters. The summed E-state index contributed by atoms with van der Waals surface area (Å²) >= 11 is 0. The van der Waals surface area contributed by atoms with E-state index >= 15 is 0 Å². The maximum absolute atomic E-state index is 13.0. The summed E-state index contributed by atoms with van der Waals surface area (Å²) in [6.45, 7) is 5.09. The van der Waals surface area contributed by atoms with E-state index in [-0.39, 0.29) is 17.6 Å². The molecular formula is C18H19FN2O2. The van der Waals surface area contributed by atoms with Crippen molar-refractivity contribution in [2.24, 2.45) is 0 Å². The van der Waals surface area contributed by atoms with E-state index in [9.17, 15) is 9.18 Å². The number of halogens is 1. The minimum atomic E-state index is -0.241. The van der Waals surface area contributed by atoms with Crippen molar-refractivity contribution in [2.75, 3.05) is 13.1 Å². The zero-order valence-corrected chi connectivity index (χ0v) is 13.3. The molecular weight excluding hydrogens is 295 g/mol. The molecule has 0 unspecified atom stereocenters. The summed E-state index contributed by atoms with van der Waals surface area (Å²) in [6, 6.07) is 6.45. The third-order valence-electron chi connectivity index (χ3n) is 4.03. The van der Waals surface area contributed by atoms with Crippen LogP contribution in [0.15, 0.2) is 41.2 Å². The van der Waals surface area contributed by atoms with E-state index < -0.39 is 0 Å². The van der Waals surface area contributed by atoms with E-state index in [1.807, 2.05) is 19.9 Å². The Kier molecular flexibility index (Phi) is 4.28. The average Bonchev–Trinajstić information content (AvgIpc) is 3.05. The van der Waals surface area contributed by atoms with Gasteiger partial charge in [-0.2, -0.15) is 0 Å². The molecule has 0 N–H and O–H groups in total. The SMILES string of the molecule is CC(C)c1ocnc1C(=O)N1CC=C(c2ccc(F)cc2)CC1. The molecule has 0 bridgehead atoms. The summed E-state index contributed by atoms with van der Waals surface area (Å²) in [5.41, 5.74) is 2.54. The van der Waals surface area contributed by atoms with Gasteiger partial charge in [0.25, 0.3) is 5.91 Å². The fourth-order valence-electron chi connectivity index (χ4n) is 2.75. The summed E-state index contributed by atoms with van der Waals surface area (Å²) in [7, 11) is 0. The molecule has 1 aliphatic rings. The number of oxazole rings is 1. The Morgan fingerprint density at radius 2 is 2.04 bits per heavy atom. The lowest BCUT2D eigenvalue weighted by atomic mass is 9.99. The first-order valence-corrected chi connectivity index (χ1v) is 7.74. The van der Waals surface area contributed by atoms with Crippen LogP contribution in [0.5, 0.6) is 0 Å². The van der Waals surface area contributed by atoms with Crippen LogP contribution in [-0.2, 0) is 0 Å². The summed E-state index contributed by atoms with van der Waals surface area (Å²) in [4.78, 5) is 18.4. The highest BCUT2D eigenvalue weighted by atomic mass is 19.1. The molecule has 2 aromatic rings. The first kappa shape index (κ1) is 15.5. The van der Waals surface area contributed by atoms with Gasteiger partial charge in [-0.15, -0.1) is 0 Å². The molecule has 1 aliphatic heterocycles. The van der Waals surface area contributed by atoms with Gasteiger partial charge in [0.1, 0.15) is 11.6 Å². The largest absolute Gasteiger partial charge is 0.447 e. The first-order chi connectivity index (χ1) is 11.1. The standard InChI is InChI=1S/C18H19FN2O2/c1-12(2)17-16(20-11-23-17)18(22)21-9-7-14(8-10-21)13-3-5-15(19)6-4-13/h3-7,11-12H,8-10H2,1-2H3. The second-order valence-corrected chi connectivity index (χ2v) is 5.96. The predicted octanol–water partition coefficient (Wildman–Crippen LogP) is 3.87. The van der Waals surface area contributed by atoms with Gasteiger partial charge >= 0.3 is 0 Å². The van der Waals surface area contributed by atoms with Crippen molar-refractivity contribution in [1.29, 1.82) is 0 Å². The van der Waals surface area contributed by atoms with Gasteiger partial charge in [0.2, 0.25) is 0 Å². The highest BCUT2D eigenvalue weighted by Crippen LogP contribution is 2.25. The van der Waals surface area contributed by atoms with Crippen molar-refractivity contribution >= 4 is 11.5 Å². The average molecular weight is 314 g/mol. The minimum Gasteiger partial charge on any atom is -0.447 e. The number of carbonyl (C=O) groups excluding carboxylic acids is 1. The second kappa shape index (κ2) is 6.36. The van der Waals surface area contributed by atoms with Gasteiger partial charge in [-0.25, -0.2) is 9.37 Å². The highest BCUT2D eigenvalue weighted by molar-refractivity contribution is 5.94. The molecule has 0 radical (unpaired) electrons. The lowest BCUT2D eigenvalue weighted by molar-refractivity contribution is 0.0765. The summed E-state index contributed by atoms with van der Waals surface area (Å²) < 4.78 is 18.3. The van der Waals surface area contributed by atoms with Gasteiger partial charge in [-0.3, -0.25) is 4.79 Å². The van der Waals surface area contributed by atoms with Crippen LogP contribution in [0.2, 0.25) is 0 Å². The van der Waals surface area contributed by atoms with Crippen LogP contribution in [-0.4, -0.2) is 28.9 Å². The third-order valence-corrected chi connectivity index (χ3v) is 4.03. The molecule has 0 saturated carbocycles. The van der Waals surface area contributed by atoms with Crippen molar-refractivity contribution in [3.05, 3.63) is 59.6 Å². The maximum Gasteiger partial charge on any atom is 0.276 e. The Bertz CT molecular complexity index is 732. The number of carbonyl (C=O) groups is 1. The minimum absolute atomic E-state index is 0.100. The zero-order chi connectivity index (χ0) is 16.4. The normalized spacial score (nSPS) is 15.0. The number of nitrogens with zero attached hydrogens (tertiary/aromatic N) is 2. The Balaban J connectivity index is 1.74. The van der Waals surface area contributed by atoms with E-state index in [4.69, 9.17) is 4.42 Å². The van der Waals surface area contributed by atoms with Gasteiger partial charge in [-0.05, 0) is 29.7 Å². The second-order valence-electron chi connectivity index (χ2n) is 5.96. The molecule has 0 saturated heterocycles. The van der Waals surface area contributed by atoms with Crippen LogP contribution in [0.4, 0.5) is 4.39 Å². The number of hydrogen-bond acceptors (Lipinski definition) is 3. The molecule has 3 rings (SSSR count). The molecule has 1 amide bonds. The molecule has 5 heteroatoms. The summed E-state index contributed by atoms with van der Waals surface area (Å²) in [5, 5.41) is 0. The Labute approximate surface area is 134 Å². The van der Waals surface area contributed by atoms with Gasteiger partial charge in [0, 0.05) is 19.0 Å². The number of benzene rings is 1. The van der Waals surface area contributed by atoms with E-state index in [1.54, 1.807) is 17.0 Å². The Morgan fingerprint density at radius 3 is 2.65 bits per heavy atom. The first-order valence-electron chi connectivity index (χ1n) is 7.74. The lowest BCUT2D eigenvalue weighted by Crippen LogP contribution is -2.35. The van der Waals surface area contributed by atoms with Crippen LogP contribution in [0.25, 0.3) is 5.57 Å². The van der Waals surface area contributed by atoms with Crippen LogP contribution < -0.4 is 0 Å². The van der Waals surface area contributed by atoms with Crippen molar-refractivity contribution in [1.82, 2.24) is 9.88 Å². The van der Waals surface area contributed by atoms with Gasteiger partial charge < -0.3 is 9.32 Å². The predicted molar refractivity (Wildman–Crippen MR) is 85.5 cm³/mol. The van der Waals surface area contributed by atoms with Gasteiger partial charge in [0.15, 0.2) is 12.1 Å². The van der Waals surface area contributed by atoms with Crippen molar-refractivity contribution in [3.63, 3.8) is 0 Å². The maximum atomic E-state index is 13.0. The van der Waals surface area contributed by atoms with E-state index in [2.05, 4.69) is 4.98 Å². The molecule has 0 aliphatic carbocycles. The van der Waals surface area contributed by atoms with Crippen molar-refractivity contribution in [3.8, 4) is 0 Å². The molecule has 1 aromatic carbocycles. The van der Waals surface area contributed by atoms with Crippen LogP contribution in [0, 0.1) is 5.82 Å². The number of amides is 1. The molecule has 2 heterocycles. The summed E-state index contributed by atoms with van der Waals surface area (Å²) in [5.74, 6) is 0.404. The number of hydrogen-bond donors (Lipinski definition) is 0. The fourth-order valence-corrected chi connectivity index (χ4v) is 2.75. The number of rotatable bonds is 3. The van der Waals surface area contributed by atoms with Gasteiger partial charge in [-0.1, -0.05) is 32.1 Å². The van der Waals surface area contributed by atoms with Crippen LogP contribution in [0.1, 0.15) is 48.0 Å². The van der Waals surface area contributed by atoms with E-state index in [0.29, 0.717) is 24.5 Å². The Morgan fingerprint density at radius 1 is 1.30 bits per heavy atom. The summed E-state index contributed by atoms with van der Waals surface area (Å²) in [6.07, 6.45) is 4.09. The van der Waals surface area contributed by atoms with E-state index in [0.717, 1.165) is 17.6 Å². The monoisotopic (exact) mass is 314 g/mol.